The molecular weight excluding hydrogens is 186 g/mol. The highest BCUT2D eigenvalue weighted by molar-refractivity contribution is 5.81. The predicted molar refractivity (Wildman–Crippen MR) is 50.3 cm³/mol. The van der Waals surface area contributed by atoms with Crippen LogP contribution in [-0.4, -0.2) is 37.7 Å². The zero-order chi connectivity index (χ0) is 11.0. The van der Waals surface area contributed by atoms with Gasteiger partial charge in [0, 0.05) is 6.42 Å². The van der Waals surface area contributed by atoms with Gasteiger partial charge >= 0.3 is 0 Å². The van der Waals surface area contributed by atoms with Gasteiger partial charge in [0.15, 0.2) is 0 Å². The van der Waals surface area contributed by atoms with Crippen LogP contribution in [0.25, 0.3) is 0 Å². The highest BCUT2D eigenvalue weighted by atomic mass is 16.2. The van der Waals surface area contributed by atoms with Crippen LogP contribution in [0, 0.1) is 0 Å². The number of hydrogen-bond donors (Lipinski definition) is 3. The number of amides is 2. The summed E-state index contributed by atoms with van der Waals surface area (Å²) < 4.78 is 0. The van der Waals surface area contributed by atoms with Gasteiger partial charge in [-0.25, -0.2) is 0 Å². The first-order chi connectivity index (χ1) is 6.60. The number of rotatable bonds is 7. The number of likely N-dealkylation sites (N-methyl/N-ethyl adjacent to an activating group) is 1. The molecule has 1 unspecified atom stereocenters. The lowest BCUT2D eigenvalue weighted by atomic mass is 10.1. The smallest absolute Gasteiger partial charge is 0.234 e. The molecule has 2 amide bonds. The normalized spacial score (nSPS) is 11.8. The molecule has 0 aromatic carbocycles. The molecular formula is C8H15N3O3. The molecule has 0 rings (SSSR count). The fraction of sp³-hybridized carbons (Fsp3) is 0.625. The minimum atomic E-state index is -0.636. The second-order valence-electron chi connectivity index (χ2n) is 2.85. The SMILES string of the molecule is CNCC(=O)NC(C=O)CCC(N)=O. The van der Waals surface area contributed by atoms with Crippen LogP contribution in [0.3, 0.4) is 0 Å². The van der Waals surface area contributed by atoms with Crippen LogP contribution in [0.1, 0.15) is 12.8 Å². The van der Waals surface area contributed by atoms with E-state index in [0.29, 0.717) is 6.29 Å². The molecule has 0 fully saturated rings. The Balaban J connectivity index is 3.84. The topological polar surface area (TPSA) is 101 Å². The summed E-state index contributed by atoms with van der Waals surface area (Å²) in [5.41, 5.74) is 4.91. The molecule has 0 aromatic rings. The van der Waals surface area contributed by atoms with Gasteiger partial charge in [0.05, 0.1) is 12.6 Å². The average Bonchev–Trinajstić information content (AvgIpc) is 2.12. The van der Waals surface area contributed by atoms with Gasteiger partial charge in [0.2, 0.25) is 11.8 Å². The van der Waals surface area contributed by atoms with Crippen LogP contribution < -0.4 is 16.4 Å². The fourth-order valence-electron chi connectivity index (χ4n) is 0.890. The Hall–Kier alpha value is -1.43. The van der Waals surface area contributed by atoms with Crippen LogP contribution in [0.15, 0.2) is 0 Å². The highest BCUT2D eigenvalue weighted by Crippen LogP contribution is 1.93. The summed E-state index contributed by atoms with van der Waals surface area (Å²) in [6.07, 6.45) is 0.925. The third kappa shape index (κ3) is 6.13. The molecule has 4 N–H and O–H groups in total. The number of nitrogens with two attached hydrogens (primary N) is 1. The lowest BCUT2D eigenvalue weighted by Crippen LogP contribution is -2.41. The highest BCUT2D eigenvalue weighted by Gasteiger charge is 2.11. The molecule has 0 saturated heterocycles. The summed E-state index contributed by atoms with van der Waals surface area (Å²) in [7, 11) is 1.62. The molecule has 0 aromatic heterocycles. The summed E-state index contributed by atoms with van der Waals surface area (Å²) in [5.74, 6) is -0.770. The number of hydrogen-bond acceptors (Lipinski definition) is 4. The molecule has 0 saturated carbocycles. The molecule has 80 valence electrons. The third-order valence-electron chi connectivity index (χ3n) is 1.55. The molecule has 0 heterocycles. The number of primary amides is 1. The van der Waals surface area contributed by atoms with Gasteiger partial charge in [-0.3, -0.25) is 9.59 Å². The standard InChI is InChI=1S/C8H15N3O3/c1-10-4-8(14)11-6(5-12)2-3-7(9)13/h5-6,10H,2-4H2,1H3,(H2,9,13)(H,11,14). The second kappa shape index (κ2) is 7.02. The minimum Gasteiger partial charge on any atom is -0.370 e. The number of aldehydes is 1. The first kappa shape index (κ1) is 12.6. The van der Waals surface area contributed by atoms with Crippen molar-refractivity contribution in [2.75, 3.05) is 13.6 Å². The minimum absolute atomic E-state index is 0.0865. The van der Waals surface area contributed by atoms with Gasteiger partial charge in [-0.2, -0.15) is 0 Å². The molecule has 6 nitrogen and oxygen atoms in total. The van der Waals surface area contributed by atoms with Crippen LogP contribution in [0.5, 0.6) is 0 Å². The van der Waals surface area contributed by atoms with Crippen molar-refractivity contribution in [2.24, 2.45) is 5.73 Å². The van der Waals surface area contributed by atoms with E-state index < -0.39 is 11.9 Å². The van der Waals surface area contributed by atoms with Gasteiger partial charge in [-0.1, -0.05) is 0 Å². The van der Waals surface area contributed by atoms with Crippen LogP contribution >= 0.6 is 0 Å². The van der Waals surface area contributed by atoms with E-state index in [1.807, 2.05) is 0 Å². The Labute approximate surface area is 82.2 Å². The van der Waals surface area contributed by atoms with Gasteiger partial charge in [-0.05, 0) is 13.5 Å². The summed E-state index contributed by atoms with van der Waals surface area (Å²) in [6, 6.07) is -0.636. The second-order valence-corrected chi connectivity index (χ2v) is 2.85. The largest absolute Gasteiger partial charge is 0.370 e. The van der Waals surface area contributed by atoms with Crippen molar-refractivity contribution in [3.63, 3.8) is 0 Å². The van der Waals surface area contributed by atoms with Crippen LogP contribution in [-0.2, 0) is 14.4 Å². The Bertz CT molecular complexity index is 218. The molecule has 0 radical (unpaired) electrons. The lowest BCUT2D eigenvalue weighted by Gasteiger charge is -2.11. The van der Waals surface area contributed by atoms with Gasteiger partial charge < -0.3 is 21.2 Å². The molecule has 0 bridgehead atoms. The summed E-state index contributed by atoms with van der Waals surface area (Å²) >= 11 is 0. The van der Waals surface area contributed by atoms with Gasteiger partial charge in [0.25, 0.3) is 0 Å². The zero-order valence-electron chi connectivity index (χ0n) is 8.08. The molecule has 0 aliphatic carbocycles. The first-order valence-electron chi connectivity index (χ1n) is 4.27. The van der Waals surface area contributed by atoms with Crippen molar-refractivity contribution in [1.29, 1.82) is 0 Å². The van der Waals surface area contributed by atoms with E-state index in [9.17, 15) is 14.4 Å². The molecule has 0 aliphatic rings. The van der Waals surface area contributed by atoms with Crippen molar-refractivity contribution in [1.82, 2.24) is 10.6 Å². The maximum absolute atomic E-state index is 11.0. The Kier molecular flexibility index (Phi) is 6.30. The summed E-state index contributed by atoms with van der Waals surface area (Å²) in [6.45, 7) is 0.140. The Morgan fingerprint density at radius 1 is 1.50 bits per heavy atom. The monoisotopic (exact) mass is 201 g/mol. The van der Waals surface area contributed by atoms with Crippen molar-refractivity contribution in [3.8, 4) is 0 Å². The molecule has 6 heteroatoms. The zero-order valence-corrected chi connectivity index (χ0v) is 8.08. The molecule has 14 heavy (non-hydrogen) atoms. The predicted octanol–water partition coefficient (Wildman–Crippen LogP) is -1.84. The van der Waals surface area contributed by atoms with E-state index in [2.05, 4.69) is 10.6 Å². The van der Waals surface area contributed by atoms with Crippen LogP contribution in [0.2, 0.25) is 0 Å². The number of carbonyl (C=O) groups excluding carboxylic acids is 3. The fourth-order valence-corrected chi connectivity index (χ4v) is 0.890. The van der Waals surface area contributed by atoms with Crippen molar-refractivity contribution < 1.29 is 14.4 Å². The van der Waals surface area contributed by atoms with E-state index >= 15 is 0 Å². The van der Waals surface area contributed by atoms with E-state index in [-0.39, 0.29) is 25.3 Å². The summed E-state index contributed by atoms with van der Waals surface area (Å²) in [4.78, 5) is 31.9. The number of nitrogens with one attached hydrogen (secondary N) is 2. The van der Waals surface area contributed by atoms with Crippen molar-refractivity contribution >= 4 is 18.1 Å². The lowest BCUT2D eigenvalue weighted by molar-refractivity contribution is -0.124. The van der Waals surface area contributed by atoms with Crippen molar-refractivity contribution in [3.05, 3.63) is 0 Å². The maximum Gasteiger partial charge on any atom is 0.234 e. The van der Waals surface area contributed by atoms with Gasteiger partial charge in [0.1, 0.15) is 6.29 Å². The third-order valence-corrected chi connectivity index (χ3v) is 1.55. The van der Waals surface area contributed by atoms with Crippen LogP contribution in [0.4, 0.5) is 0 Å². The maximum atomic E-state index is 11.0. The van der Waals surface area contributed by atoms with E-state index in [4.69, 9.17) is 5.73 Å². The Morgan fingerprint density at radius 3 is 2.57 bits per heavy atom. The van der Waals surface area contributed by atoms with E-state index in [1.54, 1.807) is 7.05 Å². The Morgan fingerprint density at radius 2 is 2.14 bits per heavy atom. The molecule has 1 atom stereocenters. The van der Waals surface area contributed by atoms with E-state index in [1.165, 1.54) is 0 Å². The average molecular weight is 201 g/mol. The summed E-state index contributed by atoms with van der Waals surface area (Å²) in [5, 5.41) is 5.09. The molecule has 0 aliphatic heterocycles. The van der Waals surface area contributed by atoms with Gasteiger partial charge in [-0.15, -0.1) is 0 Å². The number of carbonyl (C=O) groups is 3. The molecule has 0 spiro atoms. The van der Waals surface area contributed by atoms with Crippen molar-refractivity contribution in [2.45, 2.75) is 18.9 Å². The quantitative estimate of drug-likeness (QED) is 0.421. The first-order valence-corrected chi connectivity index (χ1v) is 4.27. The van der Waals surface area contributed by atoms with E-state index in [0.717, 1.165) is 0 Å².